The van der Waals surface area contributed by atoms with Gasteiger partial charge in [0.1, 0.15) is 0 Å². The van der Waals surface area contributed by atoms with Crippen LogP contribution in [0.3, 0.4) is 0 Å². The zero-order valence-corrected chi connectivity index (χ0v) is 17.4. The number of nitrogen functional groups attached to an aromatic ring is 1. The highest BCUT2D eigenvalue weighted by atomic mass is 79.9. The maximum absolute atomic E-state index is 12.6. The minimum Gasteiger partial charge on any atom is -0.338 e. The highest BCUT2D eigenvalue weighted by Crippen LogP contribution is 2.28. The Kier molecular flexibility index (Phi) is 6.18. The van der Waals surface area contributed by atoms with E-state index in [4.69, 9.17) is 5.84 Å². The molecule has 1 aromatic heterocycles. The molecule has 0 aliphatic carbocycles. The molecule has 0 aliphatic rings. The third-order valence-electron chi connectivity index (χ3n) is 4.36. The van der Waals surface area contributed by atoms with Gasteiger partial charge in [0.2, 0.25) is 11.1 Å². The van der Waals surface area contributed by atoms with E-state index in [1.807, 2.05) is 61.5 Å². The van der Waals surface area contributed by atoms with Crippen LogP contribution >= 0.6 is 27.7 Å². The van der Waals surface area contributed by atoms with Crippen molar-refractivity contribution in [1.82, 2.24) is 19.8 Å². The molecule has 1 amide bonds. The van der Waals surface area contributed by atoms with Crippen LogP contribution in [0, 0.1) is 0 Å². The van der Waals surface area contributed by atoms with Gasteiger partial charge >= 0.3 is 0 Å². The van der Waals surface area contributed by atoms with E-state index in [2.05, 4.69) is 26.1 Å². The van der Waals surface area contributed by atoms with Crippen molar-refractivity contribution in [3.63, 3.8) is 0 Å². The molecule has 0 saturated heterocycles. The number of rotatable bonds is 6. The maximum Gasteiger partial charge on any atom is 0.233 e. The van der Waals surface area contributed by atoms with Crippen LogP contribution < -0.4 is 5.84 Å². The van der Waals surface area contributed by atoms with Gasteiger partial charge in [-0.3, -0.25) is 4.79 Å². The lowest BCUT2D eigenvalue weighted by atomic mass is 10.1. The molecule has 3 aromatic rings. The SMILES string of the molecule is CC(c1ccccc1)N(C)C(=O)CSc1nnc(-c2ccccc2Br)n1N. The number of halogens is 1. The maximum atomic E-state index is 12.6. The summed E-state index contributed by atoms with van der Waals surface area (Å²) in [5.74, 6) is 6.92. The average molecular weight is 446 g/mol. The van der Waals surface area contributed by atoms with Gasteiger partial charge in [-0.15, -0.1) is 10.2 Å². The summed E-state index contributed by atoms with van der Waals surface area (Å²) in [6.07, 6.45) is 0. The Morgan fingerprint density at radius 2 is 1.85 bits per heavy atom. The molecular formula is C19H20BrN5OS. The summed E-state index contributed by atoms with van der Waals surface area (Å²) in [5.41, 5.74) is 1.94. The number of thioether (sulfide) groups is 1. The Hall–Kier alpha value is -2.32. The number of benzene rings is 2. The number of nitrogens with zero attached hydrogens (tertiary/aromatic N) is 4. The fourth-order valence-electron chi connectivity index (χ4n) is 2.60. The molecular weight excluding hydrogens is 426 g/mol. The molecule has 1 heterocycles. The first-order valence-corrected chi connectivity index (χ1v) is 10.2. The van der Waals surface area contributed by atoms with E-state index in [0.717, 1.165) is 15.6 Å². The van der Waals surface area contributed by atoms with Crippen LogP contribution in [0.15, 0.2) is 64.2 Å². The van der Waals surface area contributed by atoms with Gasteiger partial charge in [-0.05, 0) is 24.6 Å². The molecule has 2 aromatic carbocycles. The van der Waals surface area contributed by atoms with Gasteiger partial charge in [0.15, 0.2) is 5.82 Å². The molecule has 0 spiro atoms. The Morgan fingerprint density at radius 3 is 2.56 bits per heavy atom. The Bertz CT molecular complexity index is 931. The standard InChI is InChI=1S/C19H20BrN5OS/c1-13(14-8-4-3-5-9-14)24(2)17(26)12-27-19-23-22-18(25(19)21)15-10-6-7-11-16(15)20/h3-11,13H,12,21H2,1-2H3. The van der Waals surface area contributed by atoms with Crippen LogP contribution in [0.25, 0.3) is 11.4 Å². The fourth-order valence-corrected chi connectivity index (χ4v) is 3.84. The zero-order valence-electron chi connectivity index (χ0n) is 15.0. The predicted octanol–water partition coefficient (Wildman–Crippen LogP) is 3.73. The molecule has 0 aliphatic heterocycles. The molecule has 1 atom stereocenters. The number of hydrogen-bond acceptors (Lipinski definition) is 5. The minimum atomic E-state index is -0.00844. The number of hydrogen-bond donors (Lipinski definition) is 1. The van der Waals surface area contributed by atoms with E-state index >= 15 is 0 Å². The molecule has 140 valence electrons. The lowest BCUT2D eigenvalue weighted by Crippen LogP contribution is -2.31. The molecule has 0 radical (unpaired) electrons. The third-order valence-corrected chi connectivity index (χ3v) is 5.98. The molecule has 3 rings (SSSR count). The minimum absolute atomic E-state index is 0.00166. The van der Waals surface area contributed by atoms with Gasteiger partial charge in [0, 0.05) is 17.1 Å². The van der Waals surface area contributed by atoms with Crippen molar-refractivity contribution in [3.05, 3.63) is 64.6 Å². The van der Waals surface area contributed by atoms with Crippen LogP contribution in [0.1, 0.15) is 18.5 Å². The number of aromatic nitrogens is 3. The molecule has 0 saturated carbocycles. The van der Waals surface area contributed by atoms with Crippen LogP contribution in [-0.4, -0.2) is 38.5 Å². The molecule has 0 bridgehead atoms. The van der Waals surface area contributed by atoms with Gasteiger partial charge in [-0.1, -0.05) is 70.2 Å². The average Bonchev–Trinajstić information content (AvgIpc) is 3.06. The Balaban J connectivity index is 1.67. The van der Waals surface area contributed by atoms with E-state index < -0.39 is 0 Å². The number of nitrogens with two attached hydrogens (primary N) is 1. The van der Waals surface area contributed by atoms with E-state index in [0.29, 0.717) is 11.0 Å². The summed E-state index contributed by atoms with van der Waals surface area (Å²) < 4.78 is 2.30. The van der Waals surface area contributed by atoms with Crippen molar-refractivity contribution in [2.45, 2.75) is 18.1 Å². The predicted molar refractivity (Wildman–Crippen MR) is 112 cm³/mol. The second-order valence-electron chi connectivity index (χ2n) is 6.04. The molecule has 2 N–H and O–H groups in total. The van der Waals surface area contributed by atoms with E-state index in [1.54, 1.807) is 11.9 Å². The summed E-state index contributed by atoms with van der Waals surface area (Å²) in [5, 5.41) is 8.79. The van der Waals surface area contributed by atoms with Gasteiger partial charge in [0.25, 0.3) is 0 Å². The molecule has 1 unspecified atom stereocenters. The molecule has 0 fully saturated rings. The lowest BCUT2D eigenvalue weighted by molar-refractivity contribution is -0.128. The topological polar surface area (TPSA) is 77.0 Å². The first-order valence-electron chi connectivity index (χ1n) is 8.38. The zero-order chi connectivity index (χ0) is 19.4. The van der Waals surface area contributed by atoms with E-state index in [1.165, 1.54) is 16.4 Å². The fraction of sp³-hybridized carbons (Fsp3) is 0.211. The van der Waals surface area contributed by atoms with E-state index in [-0.39, 0.29) is 17.7 Å². The largest absolute Gasteiger partial charge is 0.338 e. The van der Waals surface area contributed by atoms with Crippen molar-refractivity contribution >= 4 is 33.6 Å². The number of carbonyl (C=O) groups is 1. The van der Waals surface area contributed by atoms with Crippen LogP contribution in [0.4, 0.5) is 0 Å². The van der Waals surface area contributed by atoms with E-state index in [9.17, 15) is 4.79 Å². The molecule has 8 heteroatoms. The van der Waals surface area contributed by atoms with Gasteiger partial charge < -0.3 is 10.7 Å². The van der Waals surface area contributed by atoms with Crippen molar-refractivity contribution in [3.8, 4) is 11.4 Å². The normalized spacial score (nSPS) is 12.0. The van der Waals surface area contributed by atoms with Crippen molar-refractivity contribution < 1.29 is 4.79 Å². The molecule has 6 nitrogen and oxygen atoms in total. The van der Waals surface area contributed by atoms with Gasteiger partial charge in [-0.2, -0.15) is 0 Å². The van der Waals surface area contributed by atoms with Crippen molar-refractivity contribution in [2.75, 3.05) is 18.6 Å². The Morgan fingerprint density at radius 1 is 1.19 bits per heavy atom. The quantitative estimate of drug-likeness (QED) is 0.461. The highest BCUT2D eigenvalue weighted by molar-refractivity contribution is 9.10. The van der Waals surface area contributed by atoms with Crippen LogP contribution in [0.2, 0.25) is 0 Å². The monoisotopic (exact) mass is 445 g/mol. The van der Waals surface area contributed by atoms with Crippen LogP contribution in [0.5, 0.6) is 0 Å². The lowest BCUT2D eigenvalue weighted by Gasteiger charge is -2.25. The summed E-state index contributed by atoms with van der Waals surface area (Å²) in [6.45, 7) is 2.01. The number of amides is 1. The second kappa shape index (κ2) is 8.58. The van der Waals surface area contributed by atoms with Gasteiger partial charge in [0.05, 0.1) is 11.8 Å². The highest BCUT2D eigenvalue weighted by Gasteiger charge is 2.20. The first kappa shape index (κ1) is 19.4. The Labute approximate surface area is 170 Å². The summed E-state index contributed by atoms with van der Waals surface area (Å²) in [7, 11) is 1.81. The smallest absolute Gasteiger partial charge is 0.233 e. The van der Waals surface area contributed by atoms with Crippen molar-refractivity contribution in [1.29, 1.82) is 0 Å². The van der Waals surface area contributed by atoms with Crippen LogP contribution in [-0.2, 0) is 4.79 Å². The van der Waals surface area contributed by atoms with Crippen molar-refractivity contribution in [2.24, 2.45) is 0 Å². The number of carbonyl (C=O) groups excluding carboxylic acids is 1. The summed E-state index contributed by atoms with van der Waals surface area (Å²) in [6, 6.07) is 17.6. The third kappa shape index (κ3) is 4.33. The summed E-state index contributed by atoms with van der Waals surface area (Å²) in [4.78, 5) is 14.3. The molecule has 27 heavy (non-hydrogen) atoms. The summed E-state index contributed by atoms with van der Waals surface area (Å²) >= 11 is 4.77. The second-order valence-corrected chi connectivity index (χ2v) is 7.83. The first-order chi connectivity index (χ1) is 13.0. The van der Waals surface area contributed by atoms with Gasteiger partial charge in [-0.25, -0.2) is 4.68 Å².